The minimum absolute atomic E-state index is 0.0925. The number of nitrogens with two attached hydrogens (primary N) is 2. The number of nitrogens with zero attached hydrogens (tertiary/aromatic N) is 3. The molecule has 4 rings (SSSR count). The fourth-order valence-corrected chi connectivity index (χ4v) is 5.47. The van der Waals surface area contributed by atoms with Gasteiger partial charge < -0.3 is 15.8 Å². The van der Waals surface area contributed by atoms with E-state index in [2.05, 4.69) is 42.8 Å². The van der Waals surface area contributed by atoms with Crippen LogP contribution >= 0.6 is 0 Å². The quantitative estimate of drug-likeness (QED) is 0.207. The number of benzene rings is 2. The van der Waals surface area contributed by atoms with E-state index >= 15 is 0 Å². The molecule has 2 aromatic carbocycles. The van der Waals surface area contributed by atoms with Crippen molar-refractivity contribution in [3.05, 3.63) is 70.7 Å². The largest absolute Gasteiger partial charge is 0.492 e. The van der Waals surface area contributed by atoms with E-state index in [1.54, 1.807) is 36.7 Å². The molecule has 6 N–H and O–H groups in total. The van der Waals surface area contributed by atoms with E-state index in [9.17, 15) is 13.2 Å². The zero-order chi connectivity index (χ0) is 31.2. The molecule has 0 atom stereocenters. The number of carbonyl (C=O) groups excluding carboxylic acids is 1. The molecule has 0 aliphatic heterocycles. The van der Waals surface area contributed by atoms with Crippen molar-refractivity contribution in [1.29, 1.82) is 0 Å². The molecule has 1 aromatic heterocycles. The number of anilines is 3. The van der Waals surface area contributed by atoms with E-state index in [-0.39, 0.29) is 22.4 Å². The van der Waals surface area contributed by atoms with Crippen LogP contribution in [-0.4, -0.2) is 37.5 Å². The minimum Gasteiger partial charge on any atom is -0.492 e. The van der Waals surface area contributed by atoms with Crippen molar-refractivity contribution in [2.75, 3.05) is 28.4 Å². The van der Waals surface area contributed by atoms with Crippen LogP contribution in [0.25, 0.3) is 5.70 Å². The molecular weight excluding hydrogens is 554 g/mol. The van der Waals surface area contributed by atoms with E-state index in [0.717, 1.165) is 41.5 Å². The number of amides is 1. The fraction of sp³-hybridized carbons (Fsp3) is 0.400. The van der Waals surface area contributed by atoms with Crippen LogP contribution in [0, 0.1) is 13.8 Å². The van der Waals surface area contributed by atoms with Gasteiger partial charge in [0.25, 0.3) is 5.91 Å². The molecule has 1 amide bonds. The number of hydrazine groups is 1. The predicted octanol–water partition coefficient (Wildman–Crippen LogP) is 4.58. The Labute approximate surface area is 247 Å². The molecule has 12 heteroatoms. The van der Waals surface area contributed by atoms with Gasteiger partial charge in [0.05, 0.1) is 47.9 Å². The summed E-state index contributed by atoms with van der Waals surface area (Å²) in [4.78, 5) is 13.5. The lowest BCUT2D eigenvalue weighted by molar-refractivity contribution is 0.102. The summed E-state index contributed by atoms with van der Waals surface area (Å²) in [7, 11) is -2.16. The molecule has 0 radical (unpaired) electrons. The van der Waals surface area contributed by atoms with Crippen molar-refractivity contribution < 1.29 is 17.9 Å². The Bertz CT molecular complexity index is 1670. The Morgan fingerprint density at radius 3 is 2.36 bits per heavy atom. The zero-order valence-corrected chi connectivity index (χ0v) is 26.3. The fourth-order valence-electron chi connectivity index (χ4n) is 4.92. The molecule has 0 spiro atoms. The van der Waals surface area contributed by atoms with E-state index in [1.165, 1.54) is 12.1 Å². The number of hydrogen-bond acceptors (Lipinski definition) is 8. The van der Waals surface area contributed by atoms with Crippen LogP contribution in [0.2, 0.25) is 0 Å². The van der Waals surface area contributed by atoms with Crippen molar-refractivity contribution in [2.45, 2.75) is 65.3 Å². The molecule has 0 bridgehead atoms. The second kappa shape index (κ2) is 11.0. The Morgan fingerprint density at radius 2 is 1.81 bits per heavy atom. The Kier molecular flexibility index (Phi) is 8.09. The summed E-state index contributed by atoms with van der Waals surface area (Å²) in [5, 5.41) is 8.78. The highest BCUT2D eigenvalue weighted by molar-refractivity contribution is 7.92. The van der Waals surface area contributed by atoms with Gasteiger partial charge in [-0.2, -0.15) is 5.10 Å². The lowest BCUT2D eigenvalue weighted by atomic mass is 9.96. The van der Waals surface area contributed by atoms with Crippen molar-refractivity contribution in [2.24, 2.45) is 11.6 Å². The van der Waals surface area contributed by atoms with Crippen LogP contribution < -0.4 is 31.4 Å². The van der Waals surface area contributed by atoms with Gasteiger partial charge in [0, 0.05) is 23.0 Å². The van der Waals surface area contributed by atoms with Crippen LogP contribution in [0.1, 0.15) is 73.3 Å². The van der Waals surface area contributed by atoms with E-state index in [4.69, 9.17) is 16.3 Å². The predicted molar refractivity (Wildman–Crippen MR) is 168 cm³/mol. The lowest BCUT2D eigenvalue weighted by Gasteiger charge is -2.22. The number of rotatable bonds is 9. The van der Waals surface area contributed by atoms with Gasteiger partial charge in [-0.3, -0.25) is 19.2 Å². The molecule has 226 valence electrons. The van der Waals surface area contributed by atoms with Gasteiger partial charge >= 0.3 is 0 Å². The maximum Gasteiger partial charge on any atom is 0.255 e. The van der Waals surface area contributed by atoms with Crippen LogP contribution in [-0.2, 0) is 21.0 Å². The lowest BCUT2D eigenvalue weighted by Crippen LogP contribution is -2.27. The summed E-state index contributed by atoms with van der Waals surface area (Å²) < 4.78 is 34.1. The number of methoxy groups -OCH3 is 1. The van der Waals surface area contributed by atoms with Crippen molar-refractivity contribution in [1.82, 2.24) is 9.78 Å². The van der Waals surface area contributed by atoms with Gasteiger partial charge in [0.2, 0.25) is 10.0 Å². The first-order chi connectivity index (χ1) is 19.4. The molecule has 1 heterocycles. The standard InChI is InChI=1S/C30H41N7O4S/c1-18-9-10-20(13-26(18)36(32)17-23(31)22-16-33-37(19(22)2)29(3,4)5)28(38)34-24-14-21(30(6)11-12-30)15-25(27(24)41-7)35-42(8,39)40/h9-10,13-17,35H,11-12,31-32H2,1-8H3,(H,34,38)/b23-17-. The Hall–Kier alpha value is -4.03. The average molecular weight is 596 g/mol. The van der Waals surface area contributed by atoms with E-state index in [1.807, 2.05) is 24.6 Å². The third kappa shape index (κ3) is 6.55. The average Bonchev–Trinajstić information content (AvgIpc) is 3.50. The summed E-state index contributed by atoms with van der Waals surface area (Å²) in [6, 6.07) is 8.77. The number of aryl methyl sites for hydroxylation is 1. The molecule has 1 saturated carbocycles. The molecule has 42 heavy (non-hydrogen) atoms. The maximum absolute atomic E-state index is 13.5. The highest BCUT2D eigenvalue weighted by Gasteiger charge is 2.40. The first kappa shape index (κ1) is 30.9. The van der Waals surface area contributed by atoms with Gasteiger partial charge in [-0.1, -0.05) is 13.0 Å². The number of nitrogens with one attached hydrogen (secondary N) is 2. The molecule has 0 unspecified atom stereocenters. The van der Waals surface area contributed by atoms with Gasteiger partial charge in [0.1, 0.15) is 0 Å². The Morgan fingerprint density at radius 1 is 1.17 bits per heavy atom. The summed E-state index contributed by atoms with van der Waals surface area (Å²) in [5.41, 5.74) is 11.5. The van der Waals surface area contributed by atoms with Gasteiger partial charge in [-0.05, 0) is 88.3 Å². The Balaban J connectivity index is 1.65. The maximum atomic E-state index is 13.5. The van der Waals surface area contributed by atoms with Crippen LogP contribution in [0.4, 0.5) is 17.1 Å². The molecule has 1 aliphatic carbocycles. The van der Waals surface area contributed by atoms with E-state index in [0.29, 0.717) is 22.6 Å². The topological polar surface area (TPSA) is 158 Å². The van der Waals surface area contributed by atoms with Crippen molar-refractivity contribution >= 4 is 38.7 Å². The molecule has 3 aromatic rings. The highest BCUT2D eigenvalue weighted by atomic mass is 32.2. The van der Waals surface area contributed by atoms with Gasteiger partial charge in [-0.25, -0.2) is 14.3 Å². The summed E-state index contributed by atoms with van der Waals surface area (Å²) >= 11 is 0. The second-order valence-corrected chi connectivity index (χ2v) is 14.0. The smallest absolute Gasteiger partial charge is 0.255 e. The van der Waals surface area contributed by atoms with Crippen LogP contribution in [0.15, 0.2) is 42.7 Å². The number of carbonyl (C=O) groups is 1. The summed E-state index contributed by atoms with van der Waals surface area (Å²) in [6.07, 6.45) is 6.32. The second-order valence-electron chi connectivity index (χ2n) is 12.2. The molecule has 1 fully saturated rings. The number of aromatic nitrogens is 2. The third-order valence-corrected chi connectivity index (χ3v) is 8.11. The van der Waals surface area contributed by atoms with Crippen LogP contribution in [0.3, 0.4) is 0 Å². The number of sulfonamides is 1. The normalized spacial score (nSPS) is 14.8. The van der Waals surface area contributed by atoms with E-state index < -0.39 is 15.9 Å². The van der Waals surface area contributed by atoms with Crippen molar-refractivity contribution in [3.63, 3.8) is 0 Å². The minimum atomic E-state index is -3.59. The monoisotopic (exact) mass is 595 g/mol. The SMILES string of the molecule is COc1c(NC(=O)c2ccc(C)c(N(N)/C=C(\N)c3cnn(C(C)(C)C)c3C)c2)cc(C2(C)CC2)cc1NS(C)(=O)=O. The molecule has 11 nitrogen and oxygen atoms in total. The number of ether oxygens (including phenoxy) is 1. The highest BCUT2D eigenvalue weighted by Crippen LogP contribution is 2.50. The molecule has 0 saturated heterocycles. The summed E-state index contributed by atoms with van der Waals surface area (Å²) in [5.74, 6) is 6.24. The van der Waals surface area contributed by atoms with Gasteiger partial charge in [0.15, 0.2) is 5.75 Å². The molecular formula is C30H41N7O4S. The summed E-state index contributed by atoms with van der Waals surface area (Å²) in [6.45, 7) is 12.1. The van der Waals surface area contributed by atoms with Gasteiger partial charge in [-0.15, -0.1) is 0 Å². The van der Waals surface area contributed by atoms with Crippen LogP contribution in [0.5, 0.6) is 5.75 Å². The third-order valence-electron chi connectivity index (χ3n) is 7.52. The molecule has 1 aliphatic rings. The first-order valence-corrected chi connectivity index (χ1v) is 15.5. The first-order valence-electron chi connectivity index (χ1n) is 13.6. The van der Waals surface area contributed by atoms with Crippen molar-refractivity contribution in [3.8, 4) is 5.75 Å². The zero-order valence-electron chi connectivity index (χ0n) is 25.5. The number of hydrogen-bond donors (Lipinski definition) is 4.